The second-order valence-corrected chi connectivity index (χ2v) is 4.37. The predicted molar refractivity (Wildman–Crippen MR) is 67.4 cm³/mol. The minimum Gasteiger partial charge on any atom is -0.491 e. The van der Waals surface area contributed by atoms with E-state index in [9.17, 15) is 4.79 Å². The maximum absolute atomic E-state index is 10.9. The lowest BCUT2D eigenvalue weighted by Crippen LogP contribution is -2.20. The summed E-state index contributed by atoms with van der Waals surface area (Å²) >= 11 is 0. The lowest BCUT2D eigenvalue weighted by molar-refractivity contribution is 0.259. The Morgan fingerprint density at radius 2 is 2.29 bits per heavy atom. The van der Waals surface area contributed by atoms with Crippen LogP contribution in [0.2, 0.25) is 0 Å². The lowest BCUT2D eigenvalue weighted by atomic mass is 10.1. The average Bonchev–Trinajstić information content (AvgIpc) is 3.10. The highest BCUT2D eigenvalue weighted by atomic mass is 16.5. The van der Waals surface area contributed by atoms with Crippen molar-refractivity contribution >= 4 is 11.7 Å². The zero-order valence-electron chi connectivity index (χ0n) is 10.0. The maximum atomic E-state index is 10.9. The summed E-state index contributed by atoms with van der Waals surface area (Å²) in [6.45, 7) is 2.68. The number of anilines is 1. The molecule has 0 saturated heterocycles. The number of nitrogens with one attached hydrogen (secondary N) is 1. The summed E-state index contributed by atoms with van der Waals surface area (Å²) in [6, 6.07) is 5.39. The standard InChI is InChI=1S/C13H18N2O2/c1-2-7-17-12-6-5-10(9-3-4-9)8-11(12)15-13(14)16/h5-6,8-9H,2-4,7H2,1H3,(H3,14,15,16). The second kappa shape index (κ2) is 5.08. The van der Waals surface area contributed by atoms with Crippen molar-refractivity contribution < 1.29 is 9.53 Å². The van der Waals surface area contributed by atoms with Crippen molar-refractivity contribution in [3.63, 3.8) is 0 Å². The molecule has 4 nitrogen and oxygen atoms in total. The van der Waals surface area contributed by atoms with Crippen molar-refractivity contribution in [1.82, 2.24) is 0 Å². The van der Waals surface area contributed by atoms with Crippen LogP contribution < -0.4 is 15.8 Å². The average molecular weight is 234 g/mol. The van der Waals surface area contributed by atoms with Crippen molar-refractivity contribution in [2.24, 2.45) is 5.73 Å². The van der Waals surface area contributed by atoms with Crippen LogP contribution in [0.4, 0.5) is 10.5 Å². The fourth-order valence-electron chi connectivity index (χ4n) is 1.79. The van der Waals surface area contributed by atoms with Gasteiger partial charge in [-0.15, -0.1) is 0 Å². The number of primary amides is 1. The van der Waals surface area contributed by atoms with Crippen LogP contribution in [0.5, 0.6) is 5.75 Å². The summed E-state index contributed by atoms with van der Waals surface area (Å²) in [5.74, 6) is 1.33. The van der Waals surface area contributed by atoms with Crippen LogP contribution in [0.1, 0.15) is 37.7 Å². The molecular formula is C13H18N2O2. The van der Waals surface area contributed by atoms with Gasteiger partial charge in [-0.1, -0.05) is 13.0 Å². The SMILES string of the molecule is CCCOc1ccc(C2CC2)cc1NC(N)=O. The highest BCUT2D eigenvalue weighted by molar-refractivity contribution is 5.89. The molecule has 0 unspecified atom stereocenters. The maximum Gasteiger partial charge on any atom is 0.316 e. The zero-order chi connectivity index (χ0) is 12.3. The number of benzene rings is 1. The molecule has 1 fully saturated rings. The molecule has 2 rings (SSSR count). The normalized spacial score (nSPS) is 14.4. The third kappa shape index (κ3) is 3.12. The van der Waals surface area contributed by atoms with Gasteiger partial charge in [-0.25, -0.2) is 4.79 Å². The van der Waals surface area contributed by atoms with Crippen molar-refractivity contribution in [3.8, 4) is 5.75 Å². The number of carbonyl (C=O) groups is 1. The third-order valence-corrected chi connectivity index (χ3v) is 2.77. The molecule has 3 N–H and O–H groups in total. The molecule has 2 amide bonds. The number of amides is 2. The van der Waals surface area contributed by atoms with E-state index in [0.29, 0.717) is 24.0 Å². The first-order valence-electron chi connectivity index (χ1n) is 6.04. The molecule has 0 aliphatic heterocycles. The fourth-order valence-corrected chi connectivity index (χ4v) is 1.79. The van der Waals surface area contributed by atoms with Crippen LogP contribution >= 0.6 is 0 Å². The van der Waals surface area contributed by atoms with Gasteiger partial charge >= 0.3 is 6.03 Å². The molecule has 0 atom stereocenters. The molecule has 92 valence electrons. The largest absolute Gasteiger partial charge is 0.491 e. The van der Waals surface area contributed by atoms with E-state index in [-0.39, 0.29) is 0 Å². The minimum atomic E-state index is -0.556. The summed E-state index contributed by atoms with van der Waals surface area (Å²) in [6.07, 6.45) is 3.39. The smallest absolute Gasteiger partial charge is 0.316 e. The lowest BCUT2D eigenvalue weighted by Gasteiger charge is -2.12. The number of ether oxygens (including phenoxy) is 1. The Morgan fingerprint density at radius 3 is 2.88 bits per heavy atom. The summed E-state index contributed by atoms with van der Waals surface area (Å²) < 4.78 is 5.57. The number of hydrogen-bond acceptors (Lipinski definition) is 2. The van der Waals surface area contributed by atoms with Gasteiger partial charge in [0.05, 0.1) is 12.3 Å². The van der Waals surface area contributed by atoms with Crippen LogP contribution in [-0.4, -0.2) is 12.6 Å². The molecule has 1 aliphatic carbocycles. The fraction of sp³-hybridized carbons (Fsp3) is 0.462. The molecule has 0 spiro atoms. The Balaban J connectivity index is 2.19. The molecular weight excluding hydrogens is 216 g/mol. The predicted octanol–water partition coefficient (Wildman–Crippen LogP) is 2.84. The first-order chi connectivity index (χ1) is 8.20. The summed E-state index contributed by atoms with van der Waals surface area (Å²) in [5.41, 5.74) is 7.08. The number of hydrogen-bond donors (Lipinski definition) is 2. The van der Waals surface area contributed by atoms with E-state index in [1.165, 1.54) is 18.4 Å². The van der Waals surface area contributed by atoms with E-state index >= 15 is 0 Å². The Kier molecular flexibility index (Phi) is 3.52. The first kappa shape index (κ1) is 11.8. The summed E-state index contributed by atoms with van der Waals surface area (Å²) in [4.78, 5) is 10.9. The number of nitrogens with two attached hydrogens (primary N) is 1. The molecule has 1 aliphatic rings. The number of urea groups is 1. The van der Waals surface area contributed by atoms with Crippen LogP contribution in [-0.2, 0) is 0 Å². The van der Waals surface area contributed by atoms with E-state index in [1.807, 2.05) is 19.1 Å². The zero-order valence-corrected chi connectivity index (χ0v) is 10.0. The van der Waals surface area contributed by atoms with Crippen LogP contribution in [0.25, 0.3) is 0 Å². The van der Waals surface area contributed by atoms with Crippen LogP contribution in [0, 0.1) is 0 Å². The first-order valence-corrected chi connectivity index (χ1v) is 6.04. The van der Waals surface area contributed by atoms with Gasteiger partial charge < -0.3 is 15.8 Å². The molecule has 0 heterocycles. The van der Waals surface area contributed by atoms with E-state index in [2.05, 4.69) is 11.4 Å². The van der Waals surface area contributed by atoms with Crippen molar-refractivity contribution in [3.05, 3.63) is 23.8 Å². The molecule has 17 heavy (non-hydrogen) atoms. The van der Waals surface area contributed by atoms with Crippen molar-refractivity contribution in [2.75, 3.05) is 11.9 Å². The number of rotatable bonds is 5. The van der Waals surface area contributed by atoms with E-state index < -0.39 is 6.03 Å². The van der Waals surface area contributed by atoms with Crippen LogP contribution in [0.3, 0.4) is 0 Å². The van der Waals surface area contributed by atoms with Gasteiger partial charge in [0.15, 0.2) is 0 Å². The molecule has 0 bridgehead atoms. The van der Waals surface area contributed by atoms with Crippen molar-refractivity contribution in [1.29, 1.82) is 0 Å². The van der Waals surface area contributed by atoms with Crippen LogP contribution in [0.15, 0.2) is 18.2 Å². The molecule has 1 aromatic carbocycles. The van der Waals surface area contributed by atoms with Gasteiger partial charge in [0.1, 0.15) is 5.75 Å². The Hall–Kier alpha value is -1.71. The van der Waals surface area contributed by atoms with Gasteiger partial charge in [0, 0.05) is 0 Å². The van der Waals surface area contributed by atoms with Crippen molar-refractivity contribution in [2.45, 2.75) is 32.1 Å². The van der Waals surface area contributed by atoms with Gasteiger partial charge in [-0.3, -0.25) is 0 Å². The molecule has 0 aromatic heterocycles. The Bertz CT molecular complexity index is 414. The summed E-state index contributed by atoms with van der Waals surface area (Å²) in [7, 11) is 0. The quantitative estimate of drug-likeness (QED) is 0.822. The topological polar surface area (TPSA) is 64.3 Å². The Morgan fingerprint density at radius 1 is 1.53 bits per heavy atom. The minimum absolute atomic E-state index is 0.556. The van der Waals surface area contributed by atoms with Gasteiger partial charge in [0.25, 0.3) is 0 Å². The monoisotopic (exact) mass is 234 g/mol. The van der Waals surface area contributed by atoms with E-state index in [0.717, 1.165) is 6.42 Å². The molecule has 0 radical (unpaired) electrons. The third-order valence-electron chi connectivity index (χ3n) is 2.77. The highest BCUT2D eigenvalue weighted by Gasteiger charge is 2.24. The molecule has 4 heteroatoms. The van der Waals surface area contributed by atoms with Gasteiger partial charge in [0.2, 0.25) is 0 Å². The molecule has 1 aromatic rings. The van der Waals surface area contributed by atoms with Gasteiger partial charge in [-0.05, 0) is 42.9 Å². The van der Waals surface area contributed by atoms with E-state index in [4.69, 9.17) is 10.5 Å². The number of carbonyl (C=O) groups excluding carboxylic acids is 1. The second-order valence-electron chi connectivity index (χ2n) is 4.37. The highest BCUT2D eigenvalue weighted by Crippen LogP contribution is 2.42. The molecule has 1 saturated carbocycles. The Labute approximate surface area is 101 Å². The van der Waals surface area contributed by atoms with E-state index in [1.54, 1.807) is 0 Å². The summed E-state index contributed by atoms with van der Waals surface area (Å²) in [5, 5.41) is 2.62. The van der Waals surface area contributed by atoms with Gasteiger partial charge in [-0.2, -0.15) is 0 Å².